The zero-order valence-corrected chi connectivity index (χ0v) is 13.2. The second kappa shape index (κ2) is 6.74. The van der Waals surface area contributed by atoms with Gasteiger partial charge in [0.05, 0.1) is 12.6 Å². The van der Waals surface area contributed by atoms with Gasteiger partial charge in [0, 0.05) is 0 Å². The molecule has 0 aliphatic rings. The molecule has 0 saturated heterocycles. The van der Waals surface area contributed by atoms with Crippen LogP contribution in [0.2, 0.25) is 0 Å². The molecule has 1 unspecified atom stereocenters. The molecule has 3 heteroatoms. The molecule has 1 atom stereocenters. The highest BCUT2D eigenvalue weighted by Crippen LogP contribution is 2.30. The number of benzene rings is 2. The summed E-state index contributed by atoms with van der Waals surface area (Å²) in [5.41, 5.74) is 9.06. The van der Waals surface area contributed by atoms with Gasteiger partial charge in [0.15, 0.2) is 0 Å². The molecule has 0 fully saturated rings. The van der Waals surface area contributed by atoms with Crippen LogP contribution < -0.4 is 16.0 Å². The van der Waals surface area contributed by atoms with E-state index in [1.165, 1.54) is 22.3 Å². The van der Waals surface area contributed by atoms with Crippen LogP contribution in [0.5, 0.6) is 5.75 Å². The van der Waals surface area contributed by atoms with Gasteiger partial charge in [0.1, 0.15) is 5.75 Å². The Kier molecular flexibility index (Phi) is 4.99. The van der Waals surface area contributed by atoms with Gasteiger partial charge in [-0.1, -0.05) is 29.8 Å². The number of nitrogens with one attached hydrogen (secondary N) is 1. The maximum absolute atomic E-state index is 5.85. The summed E-state index contributed by atoms with van der Waals surface area (Å²) in [6.45, 7) is 9.02. The molecule has 3 N–H and O–H groups in total. The van der Waals surface area contributed by atoms with Crippen LogP contribution >= 0.6 is 0 Å². The third-order valence-corrected chi connectivity index (χ3v) is 3.70. The zero-order chi connectivity index (χ0) is 15.4. The van der Waals surface area contributed by atoms with Crippen LogP contribution in [0.1, 0.15) is 40.8 Å². The summed E-state index contributed by atoms with van der Waals surface area (Å²) in [4.78, 5) is 0. The van der Waals surface area contributed by atoms with E-state index in [4.69, 9.17) is 10.6 Å². The maximum Gasteiger partial charge on any atom is 0.119 e. The number of hydrogen-bond donors (Lipinski definition) is 2. The molecule has 0 saturated carbocycles. The number of hydrazine groups is 1. The minimum atomic E-state index is -0.0361. The van der Waals surface area contributed by atoms with E-state index in [-0.39, 0.29) is 6.04 Å². The minimum Gasteiger partial charge on any atom is -0.494 e. The van der Waals surface area contributed by atoms with Gasteiger partial charge in [-0.25, -0.2) is 5.43 Å². The highest BCUT2D eigenvalue weighted by Gasteiger charge is 2.17. The van der Waals surface area contributed by atoms with E-state index in [1.54, 1.807) is 0 Å². The second-order valence-corrected chi connectivity index (χ2v) is 5.42. The van der Waals surface area contributed by atoms with Crippen LogP contribution in [-0.4, -0.2) is 6.61 Å². The van der Waals surface area contributed by atoms with Crippen molar-refractivity contribution in [3.8, 4) is 5.75 Å². The van der Waals surface area contributed by atoms with Crippen LogP contribution in [-0.2, 0) is 0 Å². The molecule has 0 amide bonds. The molecule has 2 aromatic carbocycles. The smallest absolute Gasteiger partial charge is 0.119 e. The normalized spacial score (nSPS) is 12.2. The number of aryl methyl sites for hydroxylation is 3. The quantitative estimate of drug-likeness (QED) is 0.652. The van der Waals surface area contributed by atoms with E-state index in [0.717, 1.165) is 11.3 Å². The Morgan fingerprint density at radius 3 is 2.33 bits per heavy atom. The fourth-order valence-electron chi connectivity index (χ4n) is 2.94. The van der Waals surface area contributed by atoms with Gasteiger partial charge in [-0.15, -0.1) is 0 Å². The number of hydrogen-bond acceptors (Lipinski definition) is 3. The zero-order valence-electron chi connectivity index (χ0n) is 13.2. The number of rotatable bonds is 5. The lowest BCUT2D eigenvalue weighted by Gasteiger charge is -2.22. The lowest BCUT2D eigenvalue weighted by Crippen LogP contribution is -2.30. The van der Waals surface area contributed by atoms with E-state index < -0.39 is 0 Å². The van der Waals surface area contributed by atoms with Crippen molar-refractivity contribution in [1.82, 2.24) is 5.43 Å². The van der Waals surface area contributed by atoms with Gasteiger partial charge in [-0.3, -0.25) is 5.84 Å². The van der Waals surface area contributed by atoms with Crippen LogP contribution in [0, 0.1) is 20.8 Å². The Morgan fingerprint density at radius 1 is 1.10 bits per heavy atom. The summed E-state index contributed by atoms with van der Waals surface area (Å²) >= 11 is 0. The van der Waals surface area contributed by atoms with E-state index in [2.05, 4.69) is 44.4 Å². The molecule has 0 aromatic heterocycles. The van der Waals surface area contributed by atoms with Crippen LogP contribution in [0.25, 0.3) is 0 Å². The largest absolute Gasteiger partial charge is 0.494 e. The summed E-state index contributed by atoms with van der Waals surface area (Å²) in [6, 6.07) is 12.4. The third kappa shape index (κ3) is 3.43. The Labute approximate surface area is 127 Å². The highest BCUT2D eigenvalue weighted by atomic mass is 16.5. The van der Waals surface area contributed by atoms with Crippen molar-refractivity contribution >= 4 is 0 Å². The van der Waals surface area contributed by atoms with Crippen LogP contribution in [0.15, 0.2) is 36.4 Å². The first-order valence-electron chi connectivity index (χ1n) is 7.33. The lowest BCUT2D eigenvalue weighted by atomic mass is 9.90. The van der Waals surface area contributed by atoms with Crippen molar-refractivity contribution in [2.24, 2.45) is 5.84 Å². The standard InChI is InChI=1S/C18H24N2O/c1-5-21-16-8-6-7-15(11-16)18(20-19)17-13(3)9-12(2)10-14(17)4/h6-11,18,20H,5,19H2,1-4H3. The van der Waals surface area contributed by atoms with Crippen LogP contribution in [0.3, 0.4) is 0 Å². The summed E-state index contributed by atoms with van der Waals surface area (Å²) in [7, 11) is 0. The molecule has 0 radical (unpaired) electrons. The van der Waals surface area contributed by atoms with Gasteiger partial charge in [-0.05, 0) is 62.1 Å². The van der Waals surface area contributed by atoms with Gasteiger partial charge < -0.3 is 4.74 Å². The maximum atomic E-state index is 5.85. The highest BCUT2D eigenvalue weighted by molar-refractivity contribution is 5.45. The van der Waals surface area contributed by atoms with Crippen molar-refractivity contribution < 1.29 is 4.74 Å². The first-order chi connectivity index (χ1) is 10.1. The Hall–Kier alpha value is -1.84. The predicted molar refractivity (Wildman–Crippen MR) is 87.4 cm³/mol. The molecule has 0 bridgehead atoms. The van der Waals surface area contributed by atoms with E-state index >= 15 is 0 Å². The summed E-state index contributed by atoms with van der Waals surface area (Å²) in [5, 5.41) is 0. The van der Waals surface area contributed by atoms with Gasteiger partial charge in [0.25, 0.3) is 0 Å². The van der Waals surface area contributed by atoms with Crippen molar-refractivity contribution in [3.63, 3.8) is 0 Å². The topological polar surface area (TPSA) is 47.3 Å². The van der Waals surface area contributed by atoms with Crippen molar-refractivity contribution in [3.05, 3.63) is 64.2 Å². The summed E-state index contributed by atoms with van der Waals surface area (Å²) < 4.78 is 5.59. The fourth-order valence-corrected chi connectivity index (χ4v) is 2.94. The SMILES string of the molecule is CCOc1cccc(C(NN)c2c(C)cc(C)cc2C)c1. The number of nitrogens with two attached hydrogens (primary N) is 1. The molecule has 3 nitrogen and oxygen atoms in total. The molecule has 2 rings (SSSR count). The number of ether oxygens (including phenoxy) is 1. The second-order valence-electron chi connectivity index (χ2n) is 5.42. The third-order valence-electron chi connectivity index (χ3n) is 3.70. The first kappa shape index (κ1) is 15.5. The van der Waals surface area contributed by atoms with Crippen molar-refractivity contribution in [1.29, 1.82) is 0 Å². The lowest BCUT2D eigenvalue weighted by molar-refractivity contribution is 0.339. The van der Waals surface area contributed by atoms with Gasteiger partial charge in [-0.2, -0.15) is 0 Å². The summed E-state index contributed by atoms with van der Waals surface area (Å²) in [5.74, 6) is 6.72. The molecule has 0 aliphatic heterocycles. The molecule has 2 aromatic rings. The monoisotopic (exact) mass is 284 g/mol. The first-order valence-corrected chi connectivity index (χ1v) is 7.33. The van der Waals surface area contributed by atoms with Gasteiger partial charge >= 0.3 is 0 Å². The summed E-state index contributed by atoms with van der Waals surface area (Å²) in [6.07, 6.45) is 0. The Bertz CT molecular complexity index is 599. The molecule has 21 heavy (non-hydrogen) atoms. The molecule has 112 valence electrons. The van der Waals surface area contributed by atoms with E-state index in [0.29, 0.717) is 6.61 Å². The molecular weight excluding hydrogens is 260 g/mol. The Balaban J connectivity index is 2.47. The molecule has 0 heterocycles. The molecular formula is C18H24N2O. The van der Waals surface area contributed by atoms with Crippen molar-refractivity contribution in [2.45, 2.75) is 33.7 Å². The molecule has 0 aliphatic carbocycles. The van der Waals surface area contributed by atoms with Crippen molar-refractivity contribution in [2.75, 3.05) is 6.61 Å². The Morgan fingerprint density at radius 2 is 1.76 bits per heavy atom. The van der Waals surface area contributed by atoms with E-state index in [1.807, 2.05) is 25.1 Å². The average Bonchev–Trinajstić information content (AvgIpc) is 2.43. The fraction of sp³-hybridized carbons (Fsp3) is 0.333. The van der Waals surface area contributed by atoms with Crippen LogP contribution in [0.4, 0.5) is 0 Å². The minimum absolute atomic E-state index is 0.0361. The predicted octanol–water partition coefficient (Wildman–Crippen LogP) is 3.56. The average molecular weight is 284 g/mol. The van der Waals surface area contributed by atoms with E-state index in [9.17, 15) is 0 Å². The molecule has 0 spiro atoms. The van der Waals surface area contributed by atoms with Gasteiger partial charge in [0.2, 0.25) is 0 Å².